The van der Waals surface area contributed by atoms with Gasteiger partial charge in [0.2, 0.25) is 0 Å². The SMILES string of the molecule is CS(O)(c1ccc(/C(=N\O[C@@H]2CCOC2)C(N)=O)cc1)C1CC1. The minimum atomic E-state index is -1.76. The van der Waals surface area contributed by atoms with E-state index in [4.69, 9.17) is 15.3 Å². The summed E-state index contributed by atoms with van der Waals surface area (Å²) in [4.78, 5) is 17.9. The van der Waals surface area contributed by atoms with Crippen molar-refractivity contribution in [1.82, 2.24) is 0 Å². The van der Waals surface area contributed by atoms with Crippen LogP contribution in [0.3, 0.4) is 0 Å². The molecule has 1 aromatic rings. The largest absolute Gasteiger partial charge is 0.389 e. The van der Waals surface area contributed by atoms with Crippen LogP contribution in [0.4, 0.5) is 0 Å². The number of hydrogen-bond acceptors (Lipinski definition) is 5. The molecule has 126 valence electrons. The number of nitrogens with zero attached hydrogens (tertiary/aromatic N) is 1. The van der Waals surface area contributed by atoms with Gasteiger partial charge in [-0.1, -0.05) is 17.3 Å². The lowest BCUT2D eigenvalue weighted by atomic mass is 10.1. The summed E-state index contributed by atoms with van der Waals surface area (Å²) in [5, 5.41) is 4.31. The van der Waals surface area contributed by atoms with Crippen molar-refractivity contribution in [1.29, 1.82) is 0 Å². The van der Waals surface area contributed by atoms with Gasteiger partial charge in [-0.3, -0.25) is 4.79 Å². The van der Waals surface area contributed by atoms with Gasteiger partial charge in [0.25, 0.3) is 5.91 Å². The smallest absolute Gasteiger partial charge is 0.271 e. The van der Waals surface area contributed by atoms with Crippen LogP contribution in [-0.2, 0) is 14.4 Å². The van der Waals surface area contributed by atoms with Gasteiger partial charge in [-0.05, 0) is 31.2 Å². The highest BCUT2D eigenvalue weighted by molar-refractivity contribution is 8.29. The minimum absolute atomic E-state index is 0.0875. The second-order valence-electron chi connectivity index (χ2n) is 6.06. The predicted octanol–water partition coefficient (Wildman–Crippen LogP) is 2.11. The van der Waals surface area contributed by atoms with E-state index in [0.29, 0.717) is 24.0 Å². The summed E-state index contributed by atoms with van der Waals surface area (Å²) in [7, 11) is -1.76. The van der Waals surface area contributed by atoms with E-state index in [-0.39, 0.29) is 11.8 Å². The van der Waals surface area contributed by atoms with E-state index in [1.54, 1.807) is 12.1 Å². The molecule has 2 aliphatic rings. The van der Waals surface area contributed by atoms with Gasteiger partial charge in [-0.15, -0.1) is 10.3 Å². The van der Waals surface area contributed by atoms with E-state index in [0.717, 1.165) is 24.2 Å². The van der Waals surface area contributed by atoms with Crippen LogP contribution in [0.15, 0.2) is 34.3 Å². The summed E-state index contributed by atoms with van der Waals surface area (Å²) in [6.45, 7) is 1.11. The Kier molecular flexibility index (Phi) is 4.61. The molecule has 3 rings (SSSR count). The number of amides is 1. The van der Waals surface area contributed by atoms with Gasteiger partial charge in [0.15, 0.2) is 11.8 Å². The van der Waals surface area contributed by atoms with Crippen molar-refractivity contribution in [3.8, 4) is 0 Å². The molecule has 2 fully saturated rings. The highest BCUT2D eigenvalue weighted by atomic mass is 32.3. The van der Waals surface area contributed by atoms with Crippen molar-refractivity contribution < 1.29 is 18.9 Å². The van der Waals surface area contributed by atoms with Gasteiger partial charge in [0.05, 0.1) is 13.2 Å². The Bertz CT molecular complexity index is 605. The van der Waals surface area contributed by atoms with Gasteiger partial charge in [-0.25, -0.2) is 0 Å². The van der Waals surface area contributed by atoms with Crippen molar-refractivity contribution in [2.45, 2.75) is 35.5 Å². The second-order valence-corrected chi connectivity index (χ2v) is 9.07. The zero-order valence-corrected chi connectivity index (χ0v) is 13.9. The summed E-state index contributed by atoms with van der Waals surface area (Å²) in [6, 6.07) is 7.22. The quantitative estimate of drug-likeness (QED) is 0.613. The molecule has 6 nitrogen and oxygen atoms in total. The zero-order valence-electron chi connectivity index (χ0n) is 13.1. The number of oxime groups is 1. The Morgan fingerprint density at radius 3 is 2.57 bits per heavy atom. The number of ether oxygens (including phenoxy) is 1. The Morgan fingerprint density at radius 2 is 2.04 bits per heavy atom. The third-order valence-corrected chi connectivity index (χ3v) is 7.19. The van der Waals surface area contributed by atoms with Crippen LogP contribution in [0, 0.1) is 0 Å². The Balaban J connectivity index is 1.77. The maximum Gasteiger partial charge on any atom is 0.271 e. The maximum absolute atomic E-state index is 11.6. The van der Waals surface area contributed by atoms with Crippen LogP contribution in [0.25, 0.3) is 0 Å². The second kappa shape index (κ2) is 6.51. The third kappa shape index (κ3) is 3.68. The van der Waals surface area contributed by atoms with Crippen LogP contribution in [-0.4, -0.2) is 47.0 Å². The predicted molar refractivity (Wildman–Crippen MR) is 89.9 cm³/mol. The molecule has 7 heteroatoms. The van der Waals surface area contributed by atoms with Crippen LogP contribution < -0.4 is 5.73 Å². The standard InChI is InChI=1S/C16H22N2O4S/c1-23(20,14-6-7-14)13-4-2-11(3-5-13)15(16(17)19)18-22-12-8-9-21-10-12/h2-5,12,14,20H,6-10H2,1H3,(H2,17,19)/b18-15+/t12-/m1/s1. The lowest BCUT2D eigenvalue weighted by Crippen LogP contribution is -2.25. The number of benzene rings is 1. The molecule has 2 atom stereocenters. The number of primary amides is 1. The average molecular weight is 338 g/mol. The van der Waals surface area contributed by atoms with Crippen LogP contribution in [0.2, 0.25) is 0 Å². The van der Waals surface area contributed by atoms with Gasteiger partial charge < -0.3 is 19.9 Å². The Morgan fingerprint density at radius 1 is 1.35 bits per heavy atom. The van der Waals surface area contributed by atoms with E-state index < -0.39 is 16.2 Å². The Labute approximate surface area is 137 Å². The van der Waals surface area contributed by atoms with Crippen molar-refractivity contribution >= 4 is 21.9 Å². The van der Waals surface area contributed by atoms with Crippen molar-refractivity contribution in [2.24, 2.45) is 10.9 Å². The minimum Gasteiger partial charge on any atom is -0.389 e. The highest BCUT2D eigenvalue weighted by Gasteiger charge is 2.37. The molecule has 0 spiro atoms. The number of nitrogens with two attached hydrogens (primary N) is 1. The molecule has 23 heavy (non-hydrogen) atoms. The fraction of sp³-hybridized carbons (Fsp3) is 0.500. The van der Waals surface area contributed by atoms with E-state index in [1.807, 2.05) is 18.4 Å². The first kappa shape index (κ1) is 16.3. The number of carbonyl (C=O) groups excluding carboxylic acids is 1. The first-order chi connectivity index (χ1) is 11.0. The molecule has 3 N–H and O–H groups in total. The molecule has 0 radical (unpaired) electrons. The number of hydrogen-bond donors (Lipinski definition) is 2. The number of carbonyl (C=O) groups is 1. The lowest BCUT2D eigenvalue weighted by Gasteiger charge is -2.29. The fourth-order valence-electron chi connectivity index (χ4n) is 2.57. The Hall–Kier alpha value is -1.57. The molecule has 1 unspecified atom stereocenters. The van der Waals surface area contributed by atoms with Crippen LogP contribution >= 0.6 is 10.3 Å². The van der Waals surface area contributed by atoms with Gasteiger partial charge >= 0.3 is 0 Å². The molecule has 1 aromatic carbocycles. The molecule has 1 saturated carbocycles. The molecule has 1 aliphatic heterocycles. The van der Waals surface area contributed by atoms with Crippen molar-refractivity contribution in [3.05, 3.63) is 29.8 Å². The summed E-state index contributed by atoms with van der Waals surface area (Å²) in [5.74, 6) is -0.641. The van der Waals surface area contributed by atoms with Crippen LogP contribution in [0.1, 0.15) is 24.8 Å². The van der Waals surface area contributed by atoms with Crippen molar-refractivity contribution in [3.63, 3.8) is 0 Å². The van der Waals surface area contributed by atoms with E-state index in [2.05, 4.69) is 5.16 Å². The molecule has 1 aliphatic carbocycles. The zero-order chi connectivity index (χ0) is 16.4. The third-order valence-electron chi connectivity index (χ3n) is 4.19. The van der Waals surface area contributed by atoms with Crippen LogP contribution in [0.5, 0.6) is 0 Å². The molecular weight excluding hydrogens is 316 g/mol. The van der Waals surface area contributed by atoms with E-state index in [9.17, 15) is 9.35 Å². The van der Waals surface area contributed by atoms with Crippen molar-refractivity contribution in [2.75, 3.05) is 19.5 Å². The average Bonchev–Trinajstić information content (AvgIpc) is 3.27. The first-order valence-electron chi connectivity index (χ1n) is 7.70. The van der Waals surface area contributed by atoms with E-state index in [1.165, 1.54) is 0 Å². The van der Waals surface area contributed by atoms with Gasteiger partial charge in [0, 0.05) is 22.1 Å². The summed E-state index contributed by atoms with van der Waals surface area (Å²) < 4.78 is 15.8. The normalized spacial score (nSPS) is 25.7. The number of rotatable bonds is 6. The molecular formula is C16H22N2O4S. The first-order valence-corrected chi connectivity index (χ1v) is 9.76. The monoisotopic (exact) mass is 338 g/mol. The summed E-state index contributed by atoms with van der Waals surface area (Å²) in [5.41, 5.74) is 6.09. The van der Waals surface area contributed by atoms with Gasteiger partial charge in [0.1, 0.15) is 0 Å². The summed E-state index contributed by atoms with van der Waals surface area (Å²) >= 11 is 0. The topological polar surface area (TPSA) is 94.1 Å². The fourth-order valence-corrected chi connectivity index (χ4v) is 4.70. The molecule has 1 amide bonds. The van der Waals surface area contributed by atoms with E-state index >= 15 is 0 Å². The molecule has 1 saturated heterocycles. The highest BCUT2D eigenvalue weighted by Crippen LogP contribution is 2.61. The molecule has 0 bridgehead atoms. The lowest BCUT2D eigenvalue weighted by molar-refractivity contribution is -0.112. The maximum atomic E-state index is 11.6. The molecule has 1 heterocycles. The summed E-state index contributed by atoms with van der Waals surface area (Å²) in [6.07, 6.45) is 4.68. The van der Waals surface area contributed by atoms with Gasteiger partial charge in [-0.2, -0.15) is 0 Å². The molecule has 0 aromatic heterocycles.